The topological polar surface area (TPSA) is 38.7 Å². The van der Waals surface area contributed by atoms with Crippen LogP contribution in [0.15, 0.2) is 158 Å². The Kier molecular flexibility index (Phi) is 10.8. The molecular formula is C52H31F4N3. The van der Waals surface area contributed by atoms with Crippen molar-refractivity contribution in [3.63, 3.8) is 0 Å². The van der Waals surface area contributed by atoms with Crippen LogP contribution < -0.4 is 0 Å². The lowest BCUT2D eigenvalue weighted by Crippen LogP contribution is -1.96. The molecule has 7 heteroatoms. The average molecular weight is 774 g/mol. The Morgan fingerprint density at radius 2 is 0.983 bits per heavy atom. The summed E-state index contributed by atoms with van der Waals surface area (Å²) in [5.41, 5.74) is 11.5. The summed E-state index contributed by atoms with van der Waals surface area (Å²) in [6, 6.07) is 40.2. The Hall–Kier alpha value is -7.87. The predicted octanol–water partition coefficient (Wildman–Crippen LogP) is 12.3. The zero-order chi connectivity index (χ0) is 40.9. The number of aromatic nitrogens is 3. The molecule has 0 saturated carbocycles. The molecule has 0 aliphatic rings. The van der Waals surface area contributed by atoms with Crippen molar-refractivity contribution in [2.24, 2.45) is 0 Å². The molecule has 0 aliphatic carbocycles. The zero-order valence-corrected chi connectivity index (χ0v) is 31.6. The first-order valence-electron chi connectivity index (χ1n) is 18.5. The van der Waals surface area contributed by atoms with E-state index in [1.165, 1.54) is 48.7 Å². The van der Waals surface area contributed by atoms with E-state index in [9.17, 15) is 17.6 Å². The van der Waals surface area contributed by atoms with Gasteiger partial charge in [0.15, 0.2) is 0 Å². The maximum absolute atomic E-state index is 13.8. The van der Waals surface area contributed by atoms with E-state index in [-0.39, 0.29) is 17.5 Å². The molecule has 2 aromatic heterocycles. The van der Waals surface area contributed by atoms with Crippen molar-refractivity contribution in [1.29, 1.82) is 0 Å². The molecule has 0 spiro atoms. The maximum atomic E-state index is 13.8. The maximum Gasteiger partial charge on any atom is 0.212 e. The molecule has 0 fully saturated rings. The summed E-state index contributed by atoms with van der Waals surface area (Å²) in [7, 11) is 0. The van der Waals surface area contributed by atoms with Gasteiger partial charge >= 0.3 is 0 Å². The van der Waals surface area contributed by atoms with Crippen LogP contribution in [0.5, 0.6) is 0 Å². The average Bonchev–Trinajstić information content (AvgIpc) is 3.26. The van der Waals surface area contributed by atoms with Crippen LogP contribution in [0.2, 0.25) is 0 Å². The standard InChI is InChI=1S/C52H31F4N3/c1-33-3-4-37(29-43(33)31-47(42-20-28-50(56)57-32-42)34(2)39-14-21-44(53)22-15-39)11-9-35-5-7-36(8-6-35)10-12-38-13-27-48-49(30-38)59-52(41-18-25-46(55)26-19-41)51(58-48)40-16-23-45(54)24-17-40/h3-8,13-32H,2H2,1H3/b47-31+. The minimum absolute atomic E-state index is 0.350. The molecule has 8 rings (SSSR count). The van der Waals surface area contributed by atoms with Crippen molar-refractivity contribution >= 4 is 28.3 Å². The molecule has 282 valence electrons. The number of allylic oxidation sites excluding steroid dienone is 2. The predicted molar refractivity (Wildman–Crippen MR) is 227 cm³/mol. The number of pyridine rings is 1. The van der Waals surface area contributed by atoms with E-state index in [0.29, 0.717) is 44.7 Å². The van der Waals surface area contributed by atoms with Crippen LogP contribution in [0.3, 0.4) is 0 Å². The second-order valence-electron chi connectivity index (χ2n) is 13.7. The fraction of sp³-hybridized carbons (Fsp3) is 0.0192. The van der Waals surface area contributed by atoms with E-state index < -0.39 is 5.95 Å². The van der Waals surface area contributed by atoms with Crippen LogP contribution in [0.1, 0.15) is 44.5 Å². The van der Waals surface area contributed by atoms with Gasteiger partial charge in [-0.2, -0.15) is 4.39 Å². The molecular weight excluding hydrogens is 743 g/mol. The Labute approximate surface area is 339 Å². The molecule has 59 heavy (non-hydrogen) atoms. The molecule has 3 nitrogen and oxygen atoms in total. The first-order valence-corrected chi connectivity index (χ1v) is 18.5. The van der Waals surface area contributed by atoms with Crippen LogP contribution in [0.25, 0.3) is 50.8 Å². The van der Waals surface area contributed by atoms with Gasteiger partial charge in [0.1, 0.15) is 17.5 Å². The second kappa shape index (κ2) is 16.7. The van der Waals surface area contributed by atoms with Crippen LogP contribution >= 0.6 is 0 Å². The van der Waals surface area contributed by atoms with Crippen LogP contribution in [0, 0.1) is 54.0 Å². The van der Waals surface area contributed by atoms with Crippen LogP contribution in [0.4, 0.5) is 17.6 Å². The summed E-state index contributed by atoms with van der Waals surface area (Å²) in [6.07, 6.45) is 3.42. The molecule has 8 aromatic rings. The van der Waals surface area contributed by atoms with Gasteiger partial charge in [0.2, 0.25) is 5.95 Å². The fourth-order valence-electron chi connectivity index (χ4n) is 6.39. The quantitative estimate of drug-likeness (QED) is 0.0731. The van der Waals surface area contributed by atoms with E-state index in [1.807, 2.05) is 73.7 Å². The number of fused-ring (bicyclic) bond motifs is 1. The molecule has 0 unspecified atom stereocenters. The van der Waals surface area contributed by atoms with E-state index in [1.54, 1.807) is 42.5 Å². The third-order valence-corrected chi connectivity index (χ3v) is 9.62. The summed E-state index contributed by atoms with van der Waals surface area (Å²) >= 11 is 0. The van der Waals surface area contributed by atoms with E-state index >= 15 is 0 Å². The van der Waals surface area contributed by atoms with Gasteiger partial charge in [-0.15, -0.1) is 0 Å². The third kappa shape index (κ3) is 8.92. The summed E-state index contributed by atoms with van der Waals surface area (Å²) in [6.45, 7) is 6.28. The molecule has 0 aliphatic heterocycles. The highest BCUT2D eigenvalue weighted by molar-refractivity contribution is 6.10. The smallest absolute Gasteiger partial charge is 0.212 e. The van der Waals surface area contributed by atoms with Crippen LogP contribution in [-0.2, 0) is 0 Å². The highest BCUT2D eigenvalue weighted by Gasteiger charge is 2.15. The largest absolute Gasteiger partial charge is 0.244 e. The number of halogens is 4. The first kappa shape index (κ1) is 38.0. The normalized spacial score (nSPS) is 11.0. The third-order valence-electron chi connectivity index (χ3n) is 9.62. The van der Waals surface area contributed by atoms with Gasteiger partial charge in [-0.25, -0.2) is 28.1 Å². The summed E-state index contributed by atoms with van der Waals surface area (Å²) < 4.78 is 55.0. The summed E-state index contributed by atoms with van der Waals surface area (Å²) in [4.78, 5) is 13.6. The lowest BCUT2D eigenvalue weighted by atomic mass is 9.91. The van der Waals surface area contributed by atoms with Gasteiger partial charge in [0.25, 0.3) is 0 Å². The SMILES string of the molecule is C=C(/C(=C\c1cc(C#Cc2ccc(C#Cc3ccc4nc(-c5ccc(F)cc5)c(-c5ccc(F)cc5)nc4c3)cc2)ccc1C)c1ccc(F)nc1)c1ccc(F)cc1. The Balaban J connectivity index is 1.04. The number of nitrogens with zero attached hydrogens (tertiary/aromatic N) is 3. The molecule has 2 heterocycles. The van der Waals surface area contributed by atoms with Crippen molar-refractivity contribution in [3.8, 4) is 46.2 Å². The molecule has 0 amide bonds. The highest BCUT2D eigenvalue weighted by Crippen LogP contribution is 2.34. The molecule has 0 N–H and O–H groups in total. The highest BCUT2D eigenvalue weighted by atomic mass is 19.1. The number of benzene rings is 6. The van der Waals surface area contributed by atoms with Gasteiger partial charge in [0.05, 0.1) is 22.4 Å². The van der Waals surface area contributed by atoms with Crippen molar-refractivity contribution in [2.45, 2.75) is 6.92 Å². The Morgan fingerprint density at radius 1 is 0.508 bits per heavy atom. The molecule has 0 saturated heterocycles. The monoisotopic (exact) mass is 773 g/mol. The summed E-state index contributed by atoms with van der Waals surface area (Å²) in [5.74, 6) is 11.3. The Morgan fingerprint density at radius 3 is 1.54 bits per heavy atom. The van der Waals surface area contributed by atoms with E-state index in [4.69, 9.17) is 9.97 Å². The molecule has 0 bridgehead atoms. The number of aryl methyl sites for hydroxylation is 1. The van der Waals surface area contributed by atoms with E-state index in [0.717, 1.165) is 44.5 Å². The number of hydrogen-bond acceptors (Lipinski definition) is 3. The zero-order valence-electron chi connectivity index (χ0n) is 31.6. The Bertz CT molecular complexity index is 3020. The first-order chi connectivity index (χ1) is 28.6. The van der Waals surface area contributed by atoms with Gasteiger partial charge < -0.3 is 0 Å². The fourth-order valence-corrected chi connectivity index (χ4v) is 6.39. The lowest BCUT2D eigenvalue weighted by Gasteiger charge is -2.13. The van der Waals surface area contributed by atoms with E-state index in [2.05, 4.69) is 35.2 Å². The minimum Gasteiger partial charge on any atom is -0.244 e. The van der Waals surface area contributed by atoms with Crippen LogP contribution in [-0.4, -0.2) is 15.0 Å². The van der Waals surface area contributed by atoms with Gasteiger partial charge in [-0.3, -0.25) is 0 Å². The lowest BCUT2D eigenvalue weighted by molar-refractivity contribution is 0.583. The second-order valence-corrected chi connectivity index (χ2v) is 13.7. The van der Waals surface area contributed by atoms with Gasteiger partial charge in [0, 0.05) is 45.1 Å². The van der Waals surface area contributed by atoms with Gasteiger partial charge in [-0.1, -0.05) is 48.5 Å². The van der Waals surface area contributed by atoms with Crippen molar-refractivity contribution in [1.82, 2.24) is 15.0 Å². The number of rotatable bonds is 6. The molecule has 6 aromatic carbocycles. The van der Waals surface area contributed by atoms with Gasteiger partial charge in [-0.05, 0) is 168 Å². The van der Waals surface area contributed by atoms with Crippen molar-refractivity contribution in [2.75, 3.05) is 0 Å². The molecule has 0 radical (unpaired) electrons. The van der Waals surface area contributed by atoms with Crippen molar-refractivity contribution in [3.05, 3.63) is 226 Å². The van der Waals surface area contributed by atoms with Crippen molar-refractivity contribution < 1.29 is 17.6 Å². The minimum atomic E-state index is -0.590. The summed E-state index contributed by atoms with van der Waals surface area (Å²) in [5, 5.41) is 0. The molecule has 0 atom stereocenters. The number of hydrogen-bond donors (Lipinski definition) is 0.